The Bertz CT molecular complexity index is 1250. The number of hydrogen-bond donors (Lipinski definition) is 0. The fraction of sp³-hybridized carbons (Fsp3) is 0.817. The summed E-state index contributed by atoms with van der Waals surface area (Å²) < 4.78 is 17.3. The van der Waals surface area contributed by atoms with E-state index in [-0.39, 0.29) is 42.7 Å². The molecule has 0 radical (unpaired) electrons. The van der Waals surface area contributed by atoms with Crippen molar-refractivity contribution in [2.24, 2.45) is 0 Å². The van der Waals surface area contributed by atoms with Crippen molar-refractivity contribution in [1.29, 1.82) is 0 Å². The molecule has 0 aromatic rings. The van der Waals surface area contributed by atoms with Crippen molar-refractivity contribution >= 4 is 17.9 Å². The van der Waals surface area contributed by atoms with E-state index in [1.165, 1.54) is 161 Å². The normalized spacial score (nSPS) is 13.1. The van der Waals surface area contributed by atoms with Crippen LogP contribution in [0.2, 0.25) is 0 Å². The van der Waals surface area contributed by atoms with Crippen LogP contribution in [0.1, 0.15) is 264 Å². The molecule has 0 amide bonds. The number of ether oxygens (including phenoxy) is 3. The fourth-order valence-corrected chi connectivity index (χ4v) is 8.59. The summed E-state index contributed by atoms with van der Waals surface area (Å²) in [6.07, 6.45) is 63.0. The van der Waals surface area contributed by atoms with Crippen LogP contribution in [0.4, 0.5) is 0 Å². The van der Waals surface area contributed by atoms with Crippen molar-refractivity contribution in [3.05, 3.63) is 48.6 Å². The van der Waals surface area contributed by atoms with E-state index in [4.69, 9.17) is 14.2 Å². The maximum Gasteiger partial charge on any atom is 0.306 e. The van der Waals surface area contributed by atoms with Gasteiger partial charge in [0, 0.05) is 19.3 Å². The zero-order valence-electron chi connectivity index (χ0n) is 45.3. The highest BCUT2D eigenvalue weighted by molar-refractivity contribution is 5.70. The molecule has 0 heterocycles. The van der Waals surface area contributed by atoms with Gasteiger partial charge in [0.05, 0.1) is 40.3 Å². The molecule has 0 bridgehead atoms. The van der Waals surface area contributed by atoms with Crippen molar-refractivity contribution in [2.75, 3.05) is 41.0 Å². The van der Waals surface area contributed by atoms with Crippen LogP contribution < -0.4 is 5.11 Å². The summed E-state index contributed by atoms with van der Waals surface area (Å²) in [7, 11) is 5.42. The molecule has 0 aromatic carbocycles. The van der Waals surface area contributed by atoms with Crippen molar-refractivity contribution in [1.82, 2.24) is 0 Å². The van der Waals surface area contributed by atoms with Gasteiger partial charge in [0.1, 0.15) is 12.6 Å². The van der Waals surface area contributed by atoms with Crippen LogP contribution in [0.25, 0.3) is 0 Å². The Morgan fingerprint density at radius 2 is 0.824 bits per heavy atom. The van der Waals surface area contributed by atoms with Crippen LogP contribution in [-0.2, 0) is 28.6 Å². The number of carbonyl (C=O) groups excluding carboxylic acids is 3. The molecule has 0 fully saturated rings. The quantitative estimate of drug-likeness (QED) is 0.0259. The highest BCUT2D eigenvalue weighted by Gasteiger charge is 2.25. The molecule has 8 nitrogen and oxygen atoms in total. The molecule has 0 aromatic heterocycles. The van der Waals surface area contributed by atoms with E-state index in [0.717, 1.165) is 70.6 Å². The lowest BCUT2D eigenvalue weighted by atomic mass is 10.0. The topological polar surface area (TPSA) is 102 Å². The summed E-state index contributed by atoms with van der Waals surface area (Å²) in [5.74, 6) is -1.73. The van der Waals surface area contributed by atoms with E-state index in [0.29, 0.717) is 12.8 Å². The molecular weight excluding hydrogens is 847 g/mol. The first kappa shape index (κ1) is 65.3. The summed E-state index contributed by atoms with van der Waals surface area (Å²) in [5, 5.41) is 11.7. The Labute approximate surface area is 420 Å². The summed E-state index contributed by atoms with van der Waals surface area (Å²) in [6.45, 7) is 4.59. The zero-order valence-corrected chi connectivity index (χ0v) is 45.3. The summed E-state index contributed by atoms with van der Waals surface area (Å²) in [6, 6.07) is -0.728. The van der Waals surface area contributed by atoms with Gasteiger partial charge in [0.25, 0.3) is 0 Å². The first-order valence-electron chi connectivity index (χ1n) is 28.7. The Kier molecular flexibility index (Phi) is 48.7. The zero-order chi connectivity index (χ0) is 49.9. The van der Waals surface area contributed by atoms with Gasteiger partial charge in [0.15, 0.2) is 6.10 Å². The summed E-state index contributed by atoms with van der Waals surface area (Å²) in [4.78, 5) is 37.2. The second-order valence-electron chi connectivity index (χ2n) is 20.5. The van der Waals surface area contributed by atoms with Gasteiger partial charge < -0.3 is 28.6 Å². The minimum atomic E-state index is -1.12. The lowest BCUT2D eigenvalue weighted by Gasteiger charge is -2.34. The third kappa shape index (κ3) is 48.3. The molecule has 0 aliphatic carbocycles. The van der Waals surface area contributed by atoms with E-state index in [9.17, 15) is 19.5 Å². The number of quaternary nitrogens is 1. The van der Waals surface area contributed by atoms with Gasteiger partial charge in [0.2, 0.25) is 0 Å². The number of carbonyl (C=O) groups is 3. The van der Waals surface area contributed by atoms with Crippen LogP contribution in [0.5, 0.6) is 0 Å². The summed E-state index contributed by atoms with van der Waals surface area (Å²) in [5.41, 5.74) is 0. The third-order valence-electron chi connectivity index (χ3n) is 13.0. The Balaban J connectivity index is 4.16. The lowest BCUT2D eigenvalue weighted by molar-refractivity contribution is -0.889. The molecule has 2 atom stereocenters. The molecule has 0 aliphatic heterocycles. The molecule has 0 N–H and O–H groups in total. The van der Waals surface area contributed by atoms with Gasteiger partial charge in [-0.25, -0.2) is 0 Å². The molecular formula is C60H109NO7. The standard InChI is InChI=1S/C60H109NO7/c1-6-8-10-12-14-16-18-20-22-24-26-28-29-31-32-34-36-38-40-42-44-46-48-50-58(62)67-55-56(54-66-53-52-57(60(64)65)61(3,4)5)68-59(63)51-49-47-45-43-41-39-37-35-33-30-27-25-23-21-19-17-15-13-11-9-7-2/h9,11,15,17,21,23,27,30,56-57H,6-8,10,12-14,16,18-20,22,24-26,28-29,31-55H2,1-5H3/b11-9-,17-15-,23-21-,30-27-. The number of aliphatic carboxylic acids is 1. The van der Waals surface area contributed by atoms with Crippen LogP contribution in [0, 0.1) is 0 Å². The minimum Gasteiger partial charge on any atom is -0.544 e. The second-order valence-corrected chi connectivity index (χ2v) is 20.5. The first-order chi connectivity index (χ1) is 33.1. The van der Waals surface area contributed by atoms with E-state index in [1.54, 1.807) is 0 Å². The minimum absolute atomic E-state index is 0.0393. The van der Waals surface area contributed by atoms with E-state index < -0.39 is 18.1 Å². The lowest BCUT2D eigenvalue weighted by Crippen LogP contribution is -2.55. The number of likely N-dealkylation sites (N-methyl/N-ethyl adjacent to an activating group) is 1. The van der Waals surface area contributed by atoms with Gasteiger partial charge in [-0.1, -0.05) is 242 Å². The number of esters is 2. The number of carboxylic acids is 1. The van der Waals surface area contributed by atoms with Crippen molar-refractivity contribution < 1.29 is 38.2 Å². The van der Waals surface area contributed by atoms with Crippen molar-refractivity contribution in [2.45, 2.75) is 276 Å². The van der Waals surface area contributed by atoms with Crippen molar-refractivity contribution in [3.8, 4) is 0 Å². The number of hydrogen-bond acceptors (Lipinski definition) is 7. The predicted octanol–water partition coefficient (Wildman–Crippen LogP) is 15.8. The monoisotopic (exact) mass is 956 g/mol. The molecule has 8 heteroatoms. The van der Waals surface area contributed by atoms with Gasteiger partial charge >= 0.3 is 11.9 Å². The van der Waals surface area contributed by atoms with E-state index in [2.05, 4.69) is 62.5 Å². The molecule has 0 spiro atoms. The van der Waals surface area contributed by atoms with Gasteiger partial charge in [-0.2, -0.15) is 0 Å². The molecule has 0 rings (SSSR count). The molecule has 68 heavy (non-hydrogen) atoms. The third-order valence-corrected chi connectivity index (χ3v) is 13.0. The number of rotatable bonds is 52. The SMILES string of the molecule is CC/C=C\C/C=C\C/C=C\C/C=C\CCCCCCCCCCC(=O)OC(COCCC(C(=O)[O-])[N+](C)(C)C)COC(=O)CCCCCCCCCCCCCCCCCCCCCCCCC. The molecule has 0 aliphatic rings. The first-order valence-corrected chi connectivity index (χ1v) is 28.7. The molecule has 0 saturated heterocycles. The van der Waals surface area contributed by atoms with E-state index in [1.807, 2.05) is 21.1 Å². The average Bonchev–Trinajstić information content (AvgIpc) is 3.30. The highest BCUT2D eigenvalue weighted by atomic mass is 16.6. The molecule has 0 saturated carbocycles. The van der Waals surface area contributed by atoms with Gasteiger partial charge in [-0.05, 0) is 51.4 Å². The number of allylic oxidation sites excluding steroid dienone is 8. The maximum atomic E-state index is 12.8. The number of nitrogens with zero attached hydrogens (tertiary/aromatic N) is 1. The van der Waals surface area contributed by atoms with Crippen LogP contribution in [0.3, 0.4) is 0 Å². The van der Waals surface area contributed by atoms with Crippen LogP contribution in [-0.4, -0.2) is 75.5 Å². The number of unbranched alkanes of at least 4 members (excludes halogenated alkanes) is 30. The Morgan fingerprint density at radius 3 is 1.22 bits per heavy atom. The largest absolute Gasteiger partial charge is 0.544 e. The Morgan fingerprint density at radius 1 is 0.456 bits per heavy atom. The molecule has 396 valence electrons. The van der Waals surface area contributed by atoms with E-state index >= 15 is 0 Å². The predicted molar refractivity (Wildman–Crippen MR) is 286 cm³/mol. The average molecular weight is 957 g/mol. The smallest absolute Gasteiger partial charge is 0.306 e. The molecule has 2 unspecified atom stereocenters. The highest BCUT2D eigenvalue weighted by Crippen LogP contribution is 2.17. The Hall–Kier alpha value is -2.71. The number of carboxylic acid groups (broad SMARTS) is 1. The fourth-order valence-electron chi connectivity index (χ4n) is 8.59. The summed E-state index contributed by atoms with van der Waals surface area (Å²) >= 11 is 0. The van der Waals surface area contributed by atoms with Crippen LogP contribution >= 0.6 is 0 Å². The van der Waals surface area contributed by atoms with Crippen molar-refractivity contribution in [3.63, 3.8) is 0 Å². The van der Waals surface area contributed by atoms with Gasteiger partial charge in [-0.3, -0.25) is 9.59 Å². The maximum absolute atomic E-state index is 12.8. The second kappa shape index (κ2) is 50.7. The van der Waals surface area contributed by atoms with Crippen LogP contribution in [0.15, 0.2) is 48.6 Å². The van der Waals surface area contributed by atoms with Gasteiger partial charge in [-0.15, -0.1) is 0 Å².